The molecule has 2 atom stereocenters. The first-order valence-electron chi connectivity index (χ1n) is 8.18. The van der Waals surface area contributed by atoms with Gasteiger partial charge in [0.2, 0.25) is 17.6 Å². The molecule has 7 nitrogen and oxygen atoms in total. The van der Waals surface area contributed by atoms with Crippen LogP contribution in [0, 0.1) is 0 Å². The number of pyridine rings is 1. The molecule has 0 amide bonds. The van der Waals surface area contributed by atoms with Crippen LogP contribution in [0.3, 0.4) is 0 Å². The van der Waals surface area contributed by atoms with Crippen molar-refractivity contribution < 1.29 is 14.0 Å². The van der Waals surface area contributed by atoms with E-state index in [0.717, 1.165) is 6.54 Å². The molecular weight excluding hydrogens is 320 g/mol. The Hall–Kier alpha value is -2.77. The fourth-order valence-corrected chi connectivity index (χ4v) is 2.72. The molecule has 1 aromatic carbocycles. The van der Waals surface area contributed by atoms with E-state index in [1.807, 2.05) is 49.4 Å². The zero-order chi connectivity index (χ0) is 17.1. The van der Waals surface area contributed by atoms with Crippen molar-refractivity contribution in [2.75, 3.05) is 13.2 Å². The zero-order valence-electron chi connectivity index (χ0n) is 13.8. The second kappa shape index (κ2) is 7.00. The summed E-state index contributed by atoms with van der Waals surface area (Å²) in [5.74, 6) is 2.06. The third-order valence-electron chi connectivity index (χ3n) is 3.99. The predicted molar refractivity (Wildman–Crippen MR) is 90.2 cm³/mol. The highest BCUT2D eigenvalue weighted by molar-refractivity contribution is 5.61. The van der Waals surface area contributed by atoms with Gasteiger partial charge in [-0.15, -0.1) is 0 Å². The van der Waals surface area contributed by atoms with Gasteiger partial charge in [-0.1, -0.05) is 23.4 Å². The molecule has 25 heavy (non-hydrogen) atoms. The van der Waals surface area contributed by atoms with Crippen molar-refractivity contribution in [1.29, 1.82) is 0 Å². The van der Waals surface area contributed by atoms with E-state index in [-0.39, 0.29) is 12.1 Å². The highest BCUT2D eigenvalue weighted by Gasteiger charge is 2.29. The molecule has 1 aliphatic heterocycles. The Morgan fingerprint density at radius 2 is 2.04 bits per heavy atom. The minimum Gasteiger partial charge on any atom is -0.438 e. The fourth-order valence-electron chi connectivity index (χ4n) is 2.72. The maximum Gasteiger partial charge on any atom is 0.246 e. The topological polar surface area (TPSA) is 82.3 Å². The standard InChI is InChI=1S/C18H18N4O3/c1-12-15(19-10-11-23-12)18-21-16(22-25-18)14-8-5-9-20-17(14)24-13-6-3-2-4-7-13/h2-9,12,15,19H,10-11H2,1H3/t12-,15+/m1/s1. The Labute approximate surface area is 145 Å². The number of ether oxygens (including phenoxy) is 2. The summed E-state index contributed by atoms with van der Waals surface area (Å²) in [7, 11) is 0. The van der Waals surface area contributed by atoms with Crippen LogP contribution in [0.15, 0.2) is 53.2 Å². The number of nitrogens with one attached hydrogen (secondary N) is 1. The van der Waals surface area contributed by atoms with Crippen molar-refractivity contribution in [1.82, 2.24) is 20.4 Å². The number of aromatic nitrogens is 3. The second-order valence-electron chi connectivity index (χ2n) is 5.74. The summed E-state index contributed by atoms with van der Waals surface area (Å²) in [4.78, 5) is 8.82. The first-order chi connectivity index (χ1) is 12.3. The molecule has 3 heterocycles. The lowest BCUT2D eigenvalue weighted by Gasteiger charge is -2.27. The van der Waals surface area contributed by atoms with E-state index in [1.165, 1.54) is 0 Å². The summed E-state index contributed by atoms with van der Waals surface area (Å²) in [5.41, 5.74) is 0.672. The molecule has 0 spiro atoms. The quantitative estimate of drug-likeness (QED) is 0.783. The number of benzene rings is 1. The Morgan fingerprint density at radius 3 is 2.88 bits per heavy atom. The minimum absolute atomic E-state index is 0.0315. The van der Waals surface area contributed by atoms with Crippen molar-refractivity contribution >= 4 is 0 Å². The lowest BCUT2D eigenvalue weighted by molar-refractivity contribution is -0.00136. The van der Waals surface area contributed by atoms with E-state index in [9.17, 15) is 0 Å². The number of hydrogen-bond donors (Lipinski definition) is 1. The van der Waals surface area contributed by atoms with E-state index in [0.29, 0.717) is 35.5 Å². The second-order valence-corrected chi connectivity index (χ2v) is 5.74. The SMILES string of the molecule is C[C@H]1OCCN[C@@H]1c1nc(-c2cccnc2Oc2ccccc2)no1. The van der Waals surface area contributed by atoms with Crippen molar-refractivity contribution in [2.24, 2.45) is 0 Å². The fraction of sp³-hybridized carbons (Fsp3) is 0.278. The first-order valence-corrected chi connectivity index (χ1v) is 8.18. The van der Waals surface area contributed by atoms with Gasteiger partial charge in [0.1, 0.15) is 11.8 Å². The smallest absolute Gasteiger partial charge is 0.246 e. The lowest BCUT2D eigenvalue weighted by Crippen LogP contribution is -2.40. The van der Waals surface area contributed by atoms with E-state index in [2.05, 4.69) is 20.4 Å². The Bertz CT molecular complexity index is 837. The molecule has 1 N–H and O–H groups in total. The largest absolute Gasteiger partial charge is 0.438 e. The number of rotatable bonds is 4. The van der Waals surface area contributed by atoms with Gasteiger partial charge in [0.25, 0.3) is 0 Å². The van der Waals surface area contributed by atoms with Crippen LogP contribution in [-0.2, 0) is 4.74 Å². The third-order valence-corrected chi connectivity index (χ3v) is 3.99. The molecule has 0 saturated carbocycles. The molecule has 3 aromatic rings. The van der Waals surface area contributed by atoms with Gasteiger partial charge in [-0.25, -0.2) is 4.98 Å². The van der Waals surface area contributed by atoms with Crippen LogP contribution in [0.5, 0.6) is 11.6 Å². The normalized spacial score (nSPS) is 20.4. The number of morpholine rings is 1. The molecule has 0 unspecified atom stereocenters. The third kappa shape index (κ3) is 3.38. The molecule has 1 aliphatic rings. The molecule has 4 rings (SSSR count). The van der Waals surface area contributed by atoms with Gasteiger partial charge in [-0.2, -0.15) is 4.98 Å². The van der Waals surface area contributed by atoms with Crippen LogP contribution in [0.25, 0.3) is 11.4 Å². The summed E-state index contributed by atoms with van der Waals surface area (Å²) in [6.07, 6.45) is 1.64. The summed E-state index contributed by atoms with van der Waals surface area (Å²) in [6.45, 7) is 3.41. The highest BCUT2D eigenvalue weighted by atomic mass is 16.5. The van der Waals surface area contributed by atoms with Gasteiger partial charge in [0.15, 0.2) is 0 Å². The molecular formula is C18H18N4O3. The van der Waals surface area contributed by atoms with E-state index in [1.54, 1.807) is 6.20 Å². The van der Waals surface area contributed by atoms with Gasteiger partial charge in [-0.3, -0.25) is 0 Å². The van der Waals surface area contributed by atoms with Crippen LogP contribution in [0.4, 0.5) is 0 Å². The molecule has 128 valence electrons. The summed E-state index contributed by atoms with van der Waals surface area (Å²) < 4.78 is 16.9. The molecule has 0 bridgehead atoms. The maximum absolute atomic E-state index is 5.87. The molecule has 7 heteroatoms. The number of nitrogens with zero attached hydrogens (tertiary/aromatic N) is 3. The average Bonchev–Trinajstić information content (AvgIpc) is 3.13. The van der Waals surface area contributed by atoms with E-state index in [4.69, 9.17) is 14.0 Å². The van der Waals surface area contributed by atoms with Crippen LogP contribution in [0.1, 0.15) is 18.9 Å². The van der Waals surface area contributed by atoms with Crippen molar-refractivity contribution in [3.63, 3.8) is 0 Å². The molecule has 1 fully saturated rings. The van der Waals surface area contributed by atoms with Gasteiger partial charge >= 0.3 is 0 Å². The van der Waals surface area contributed by atoms with Crippen molar-refractivity contribution in [2.45, 2.75) is 19.1 Å². The van der Waals surface area contributed by atoms with E-state index >= 15 is 0 Å². The summed E-state index contributed by atoms with van der Waals surface area (Å²) in [6, 6.07) is 13.0. The predicted octanol–water partition coefficient (Wildman–Crippen LogP) is 2.97. The zero-order valence-corrected chi connectivity index (χ0v) is 13.8. The molecule has 0 radical (unpaired) electrons. The van der Waals surface area contributed by atoms with E-state index < -0.39 is 0 Å². The molecule has 0 aliphatic carbocycles. The van der Waals surface area contributed by atoms with Gasteiger partial charge in [-0.05, 0) is 31.2 Å². The van der Waals surface area contributed by atoms with Crippen molar-refractivity contribution in [3.05, 3.63) is 54.6 Å². The Balaban J connectivity index is 1.62. The maximum atomic E-state index is 5.87. The van der Waals surface area contributed by atoms with Crippen LogP contribution >= 0.6 is 0 Å². The number of para-hydroxylation sites is 1. The van der Waals surface area contributed by atoms with Gasteiger partial charge < -0.3 is 19.3 Å². The number of hydrogen-bond acceptors (Lipinski definition) is 7. The average molecular weight is 338 g/mol. The van der Waals surface area contributed by atoms with Gasteiger partial charge in [0.05, 0.1) is 18.3 Å². The summed E-state index contributed by atoms with van der Waals surface area (Å²) >= 11 is 0. The minimum atomic E-state index is -0.120. The van der Waals surface area contributed by atoms with Crippen LogP contribution in [0.2, 0.25) is 0 Å². The Kier molecular flexibility index (Phi) is 4.41. The lowest BCUT2D eigenvalue weighted by atomic mass is 10.1. The van der Waals surface area contributed by atoms with Crippen LogP contribution < -0.4 is 10.1 Å². The summed E-state index contributed by atoms with van der Waals surface area (Å²) in [5, 5.41) is 7.43. The van der Waals surface area contributed by atoms with Crippen LogP contribution in [-0.4, -0.2) is 34.4 Å². The van der Waals surface area contributed by atoms with Gasteiger partial charge in [0, 0.05) is 12.7 Å². The molecule has 1 saturated heterocycles. The molecule has 2 aromatic heterocycles. The Morgan fingerprint density at radius 1 is 1.16 bits per heavy atom. The first kappa shape index (κ1) is 15.7. The van der Waals surface area contributed by atoms with Crippen molar-refractivity contribution in [3.8, 4) is 23.0 Å². The highest BCUT2D eigenvalue weighted by Crippen LogP contribution is 2.30. The monoisotopic (exact) mass is 338 g/mol.